The van der Waals surface area contributed by atoms with E-state index < -0.39 is 0 Å². The topological polar surface area (TPSA) is 37.3 Å². The van der Waals surface area contributed by atoms with Crippen molar-refractivity contribution < 1.29 is 9.90 Å². The second-order valence-corrected chi connectivity index (χ2v) is 3.40. The van der Waals surface area contributed by atoms with E-state index in [1.165, 1.54) is 13.0 Å². The second-order valence-electron chi connectivity index (χ2n) is 3.40. The lowest BCUT2D eigenvalue weighted by Crippen LogP contribution is -2.17. The number of hydrogen-bond donors (Lipinski definition) is 1. The van der Waals surface area contributed by atoms with Crippen LogP contribution in [0.25, 0.3) is 0 Å². The summed E-state index contributed by atoms with van der Waals surface area (Å²) in [5.41, 5.74) is -0.385. The molecule has 0 unspecified atom stereocenters. The molecule has 58 valence electrons. The number of aliphatic hydroxyl groups is 1. The van der Waals surface area contributed by atoms with Crippen LogP contribution in [-0.2, 0) is 4.79 Å². The van der Waals surface area contributed by atoms with E-state index in [2.05, 4.69) is 0 Å². The second kappa shape index (κ2) is 2.86. The van der Waals surface area contributed by atoms with E-state index in [0.717, 1.165) is 0 Å². The summed E-state index contributed by atoms with van der Waals surface area (Å²) in [4.78, 5) is 11.0. The zero-order valence-electron chi connectivity index (χ0n) is 6.93. The highest BCUT2D eigenvalue weighted by Gasteiger charge is 2.18. The lowest BCUT2D eigenvalue weighted by atomic mass is 9.90. The van der Waals surface area contributed by atoms with E-state index in [1.807, 2.05) is 20.8 Å². The molecule has 0 bridgehead atoms. The average Bonchev–Trinajstić information content (AvgIpc) is 1.60. The predicted octanol–water partition coefficient (Wildman–Crippen LogP) is 2.06. The van der Waals surface area contributed by atoms with Crippen molar-refractivity contribution in [1.82, 2.24) is 0 Å². The number of carbonyl (C=O) groups is 1. The van der Waals surface area contributed by atoms with Gasteiger partial charge >= 0.3 is 0 Å². The van der Waals surface area contributed by atoms with E-state index >= 15 is 0 Å². The van der Waals surface area contributed by atoms with Crippen LogP contribution in [0.2, 0.25) is 0 Å². The third-order valence-corrected chi connectivity index (χ3v) is 1.08. The quantitative estimate of drug-likeness (QED) is 0.449. The predicted molar refractivity (Wildman–Crippen MR) is 40.8 cm³/mol. The van der Waals surface area contributed by atoms with Crippen molar-refractivity contribution in [2.24, 2.45) is 5.41 Å². The van der Waals surface area contributed by atoms with Gasteiger partial charge in [0.25, 0.3) is 0 Å². The number of aliphatic hydroxyl groups excluding tert-OH is 1. The molecule has 1 N–H and O–H groups in total. The Bertz CT molecular complexity index is 157. The lowest BCUT2D eigenvalue weighted by Gasteiger charge is -2.12. The Morgan fingerprint density at radius 2 is 1.80 bits per heavy atom. The van der Waals surface area contributed by atoms with Crippen LogP contribution in [0.3, 0.4) is 0 Å². The summed E-state index contributed by atoms with van der Waals surface area (Å²) in [6, 6.07) is 0. The largest absolute Gasteiger partial charge is 0.512 e. The van der Waals surface area contributed by atoms with E-state index in [9.17, 15) is 4.79 Å². The van der Waals surface area contributed by atoms with Gasteiger partial charge in [-0.15, -0.1) is 0 Å². The van der Waals surface area contributed by atoms with Gasteiger partial charge in [-0.3, -0.25) is 4.79 Å². The van der Waals surface area contributed by atoms with Crippen molar-refractivity contribution in [3.05, 3.63) is 11.8 Å². The fourth-order valence-corrected chi connectivity index (χ4v) is 0.406. The van der Waals surface area contributed by atoms with Gasteiger partial charge in [0.05, 0.1) is 5.76 Å². The van der Waals surface area contributed by atoms with Crippen molar-refractivity contribution in [3.8, 4) is 0 Å². The zero-order valence-corrected chi connectivity index (χ0v) is 6.93. The van der Waals surface area contributed by atoms with Crippen molar-refractivity contribution in [2.45, 2.75) is 27.7 Å². The monoisotopic (exact) mass is 142 g/mol. The number of rotatable bonds is 1. The maximum Gasteiger partial charge on any atom is 0.164 e. The maximum atomic E-state index is 11.0. The van der Waals surface area contributed by atoms with Gasteiger partial charge < -0.3 is 5.11 Å². The molecule has 0 aliphatic carbocycles. The summed E-state index contributed by atoms with van der Waals surface area (Å²) >= 11 is 0. The Morgan fingerprint density at radius 1 is 1.40 bits per heavy atom. The third-order valence-electron chi connectivity index (χ3n) is 1.08. The lowest BCUT2D eigenvalue weighted by molar-refractivity contribution is -0.121. The van der Waals surface area contributed by atoms with Gasteiger partial charge in [-0.25, -0.2) is 0 Å². The minimum Gasteiger partial charge on any atom is -0.512 e. The molecule has 0 rings (SSSR count). The molecule has 2 heteroatoms. The molecule has 0 aliphatic rings. The summed E-state index contributed by atoms with van der Waals surface area (Å²) in [5.74, 6) is 0.0208. The Labute approximate surface area is 61.6 Å². The molecule has 0 spiro atoms. The van der Waals surface area contributed by atoms with Gasteiger partial charge in [0.2, 0.25) is 0 Å². The molecule has 0 amide bonds. The van der Waals surface area contributed by atoms with Crippen LogP contribution in [0.4, 0.5) is 0 Å². The summed E-state index contributed by atoms with van der Waals surface area (Å²) in [7, 11) is 0. The highest BCUT2D eigenvalue weighted by molar-refractivity contribution is 5.94. The first-order chi connectivity index (χ1) is 4.34. The maximum absolute atomic E-state index is 11.0. The minimum atomic E-state index is -0.385. The number of hydrogen-bond acceptors (Lipinski definition) is 2. The number of carbonyl (C=O) groups excluding carboxylic acids is 1. The molecule has 0 fully saturated rings. The molecule has 0 heterocycles. The van der Waals surface area contributed by atoms with Crippen LogP contribution < -0.4 is 0 Å². The molecule has 0 saturated heterocycles. The van der Waals surface area contributed by atoms with Crippen molar-refractivity contribution in [1.29, 1.82) is 0 Å². The van der Waals surface area contributed by atoms with Crippen molar-refractivity contribution >= 4 is 5.78 Å². The van der Waals surface area contributed by atoms with Crippen LogP contribution in [-0.4, -0.2) is 10.9 Å². The van der Waals surface area contributed by atoms with Gasteiger partial charge in [-0.1, -0.05) is 20.8 Å². The van der Waals surface area contributed by atoms with Crippen molar-refractivity contribution in [2.75, 3.05) is 0 Å². The van der Waals surface area contributed by atoms with Gasteiger partial charge in [0.1, 0.15) is 0 Å². The zero-order chi connectivity index (χ0) is 8.36. The van der Waals surface area contributed by atoms with Crippen molar-refractivity contribution in [3.63, 3.8) is 0 Å². The smallest absolute Gasteiger partial charge is 0.164 e. The third kappa shape index (κ3) is 3.28. The fourth-order valence-electron chi connectivity index (χ4n) is 0.406. The standard InChI is InChI=1S/C8H14O2/c1-6(9)5-7(10)8(2,3)4/h5,9H,1-4H3/b6-5-. The molecular weight excluding hydrogens is 128 g/mol. The van der Waals surface area contributed by atoms with Crippen LogP contribution in [0.15, 0.2) is 11.8 Å². The van der Waals surface area contributed by atoms with E-state index in [1.54, 1.807) is 0 Å². The van der Waals surface area contributed by atoms with Crippen LogP contribution in [0.1, 0.15) is 27.7 Å². The molecule has 0 saturated carbocycles. The Balaban J connectivity index is 4.27. The van der Waals surface area contributed by atoms with Crippen LogP contribution in [0, 0.1) is 5.41 Å². The molecule has 10 heavy (non-hydrogen) atoms. The highest BCUT2D eigenvalue weighted by Crippen LogP contribution is 2.15. The number of allylic oxidation sites excluding steroid dienone is 2. The Morgan fingerprint density at radius 3 is 1.90 bits per heavy atom. The van der Waals surface area contributed by atoms with E-state index in [4.69, 9.17) is 5.11 Å². The van der Waals surface area contributed by atoms with Gasteiger partial charge in [-0.2, -0.15) is 0 Å². The molecule has 0 aromatic rings. The molecule has 0 aromatic carbocycles. The first kappa shape index (κ1) is 9.21. The Hall–Kier alpha value is -0.790. The van der Waals surface area contributed by atoms with Crippen LogP contribution in [0.5, 0.6) is 0 Å². The summed E-state index contributed by atoms with van der Waals surface area (Å²) < 4.78 is 0. The Kier molecular flexibility index (Phi) is 2.64. The van der Waals surface area contributed by atoms with E-state index in [-0.39, 0.29) is 17.0 Å². The molecule has 2 nitrogen and oxygen atoms in total. The highest BCUT2D eigenvalue weighted by atomic mass is 16.3. The van der Waals surface area contributed by atoms with E-state index in [0.29, 0.717) is 0 Å². The summed E-state index contributed by atoms with van der Waals surface area (Å²) in [6.45, 7) is 6.93. The fraction of sp³-hybridized carbons (Fsp3) is 0.625. The van der Waals surface area contributed by atoms with Crippen LogP contribution >= 0.6 is 0 Å². The molecule has 0 atom stereocenters. The minimum absolute atomic E-state index is 0.0486. The normalized spacial score (nSPS) is 13.4. The molecule has 0 aromatic heterocycles. The van der Waals surface area contributed by atoms with Gasteiger partial charge in [0, 0.05) is 11.5 Å². The first-order valence-corrected chi connectivity index (χ1v) is 3.26. The number of ketones is 1. The molecular formula is C8H14O2. The molecule has 0 radical (unpaired) electrons. The average molecular weight is 142 g/mol. The SMILES string of the molecule is C/C(O)=C/C(=O)C(C)(C)C. The molecule has 0 aliphatic heterocycles. The van der Waals surface area contributed by atoms with Gasteiger partial charge in [-0.05, 0) is 6.92 Å². The summed E-state index contributed by atoms with van der Waals surface area (Å²) in [5, 5.41) is 8.73. The first-order valence-electron chi connectivity index (χ1n) is 3.26. The van der Waals surface area contributed by atoms with Gasteiger partial charge in [0.15, 0.2) is 5.78 Å². The summed E-state index contributed by atoms with van der Waals surface area (Å²) in [6.07, 6.45) is 1.25.